The van der Waals surface area contributed by atoms with Crippen LogP contribution in [0.2, 0.25) is 0 Å². The Morgan fingerprint density at radius 1 is 1.48 bits per heavy atom. The van der Waals surface area contributed by atoms with Crippen LogP contribution < -0.4 is 5.56 Å². The number of thioether (sulfide) groups is 1. The number of aromatic amines is 1. The maximum absolute atomic E-state index is 11.9. The van der Waals surface area contributed by atoms with E-state index in [4.69, 9.17) is 4.74 Å². The van der Waals surface area contributed by atoms with Crippen molar-refractivity contribution in [1.29, 1.82) is 0 Å². The molecule has 2 aromatic rings. The third kappa shape index (κ3) is 2.68. The van der Waals surface area contributed by atoms with Crippen molar-refractivity contribution >= 4 is 22.9 Å². The summed E-state index contributed by atoms with van der Waals surface area (Å²) in [5.74, 6) is 0.524. The van der Waals surface area contributed by atoms with Gasteiger partial charge in [0.05, 0.1) is 12.9 Å². The molecule has 1 aliphatic heterocycles. The van der Waals surface area contributed by atoms with E-state index in [0.29, 0.717) is 10.9 Å². The van der Waals surface area contributed by atoms with Crippen molar-refractivity contribution in [3.8, 4) is 0 Å². The second-order valence-electron chi connectivity index (χ2n) is 5.00. The van der Waals surface area contributed by atoms with Crippen LogP contribution in [0.5, 0.6) is 0 Å². The van der Waals surface area contributed by atoms with Crippen molar-refractivity contribution in [3.63, 3.8) is 0 Å². The number of nitrogens with one attached hydrogen (secondary N) is 1. The minimum Gasteiger partial charge on any atom is -0.394 e. The minimum atomic E-state index is -1.28. The van der Waals surface area contributed by atoms with Crippen LogP contribution in [-0.4, -0.2) is 65.5 Å². The van der Waals surface area contributed by atoms with Crippen LogP contribution in [0.4, 0.5) is 0 Å². The molecule has 10 heteroatoms. The number of aromatic nitrogens is 4. The Balaban J connectivity index is 2.13. The molecule has 1 fully saturated rings. The number of aliphatic hydroxyl groups excluding tert-OH is 3. The quantitative estimate of drug-likeness (QED) is 0.403. The average Bonchev–Trinajstić information content (AvgIpc) is 3.05. The van der Waals surface area contributed by atoms with Crippen molar-refractivity contribution in [1.82, 2.24) is 19.5 Å². The maximum Gasteiger partial charge on any atom is 0.278 e. The Labute approximate surface area is 134 Å². The van der Waals surface area contributed by atoms with Gasteiger partial charge in [-0.25, -0.2) is 9.97 Å². The molecule has 4 N–H and O–H groups in total. The van der Waals surface area contributed by atoms with Crippen molar-refractivity contribution in [2.24, 2.45) is 0 Å². The average molecular weight is 340 g/mol. The van der Waals surface area contributed by atoms with E-state index in [1.165, 1.54) is 22.7 Å². The van der Waals surface area contributed by atoms with E-state index in [1.807, 2.05) is 0 Å². The smallest absolute Gasteiger partial charge is 0.278 e. The molecule has 0 bridgehead atoms. The first-order valence-corrected chi connectivity index (χ1v) is 7.88. The van der Waals surface area contributed by atoms with Crippen molar-refractivity contribution in [3.05, 3.63) is 29.3 Å². The van der Waals surface area contributed by atoms with E-state index in [0.717, 1.165) is 0 Å². The molecular formula is C13H16N4O5S. The van der Waals surface area contributed by atoms with E-state index in [1.54, 1.807) is 6.08 Å². The molecule has 0 saturated carbocycles. The van der Waals surface area contributed by atoms with Crippen LogP contribution in [0.15, 0.2) is 28.9 Å². The molecule has 0 aromatic carbocycles. The first-order chi connectivity index (χ1) is 11.1. The molecule has 23 heavy (non-hydrogen) atoms. The topological polar surface area (TPSA) is 133 Å². The largest absolute Gasteiger partial charge is 0.394 e. The van der Waals surface area contributed by atoms with Crippen LogP contribution >= 0.6 is 11.8 Å². The molecule has 0 spiro atoms. The van der Waals surface area contributed by atoms with E-state index < -0.39 is 36.7 Å². The highest BCUT2D eigenvalue weighted by Gasteiger charge is 2.45. The van der Waals surface area contributed by atoms with Gasteiger partial charge in [-0.15, -0.1) is 6.58 Å². The normalized spacial score (nSPS) is 27.6. The number of fused-ring (bicyclic) bond motifs is 1. The fraction of sp³-hybridized carbons (Fsp3) is 0.462. The van der Waals surface area contributed by atoms with Gasteiger partial charge >= 0.3 is 0 Å². The van der Waals surface area contributed by atoms with Crippen LogP contribution in [-0.2, 0) is 4.74 Å². The zero-order valence-electron chi connectivity index (χ0n) is 12.0. The molecule has 3 heterocycles. The number of rotatable bonds is 5. The maximum atomic E-state index is 11.9. The lowest BCUT2D eigenvalue weighted by atomic mass is 10.1. The molecule has 2 aromatic heterocycles. The van der Waals surface area contributed by atoms with Crippen LogP contribution in [0.25, 0.3) is 11.2 Å². The summed E-state index contributed by atoms with van der Waals surface area (Å²) < 4.78 is 6.99. The van der Waals surface area contributed by atoms with E-state index >= 15 is 0 Å². The summed E-state index contributed by atoms with van der Waals surface area (Å²) in [4.78, 5) is 22.7. The number of aliphatic hydroxyl groups is 3. The predicted molar refractivity (Wildman–Crippen MR) is 82.1 cm³/mol. The molecule has 9 nitrogen and oxygen atoms in total. The van der Waals surface area contributed by atoms with Crippen LogP contribution in [0.1, 0.15) is 6.23 Å². The lowest BCUT2D eigenvalue weighted by molar-refractivity contribution is -0.0548. The Hall–Kier alpha value is -1.72. The summed E-state index contributed by atoms with van der Waals surface area (Å²) >= 11 is 1.29. The number of hydrogen-bond donors (Lipinski definition) is 4. The Bertz CT molecular complexity index is 775. The van der Waals surface area contributed by atoms with Gasteiger partial charge in [-0.1, -0.05) is 17.8 Å². The molecule has 4 atom stereocenters. The molecule has 0 amide bonds. The summed E-state index contributed by atoms with van der Waals surface area (Å²) in [6.07, 6.45) is -1.56. The van der Waals surface area contributed by atoms with Gasteiger partial charge < -0.3 is 25.0 Å². The van der Waals surface area contributed by atoms with Gasteiger partial charge in [-0.05, 0) is 0 Å². The molecular weight excluding hydrogens is 324 g/mol. The SMILES string of the molecule is C=CCSc1nc2c(=O)[nH]cnc2n1C1OC(CO)C(O)C1O. The number of H-pyrrole nitrogens is 1. The van der Waals surface area contributed by atoms with Gasteiger partial charge in [0.15, 0.2) is 22.5 Å². The fourth-order valence-corrected chi connectivity index (χ4v) is 3.21. The molecule has 1 aliphatic rings. The molecule has 0 aliphatic carbocycles. The monoisotopic (exact) mass is 340 g/mol. The predicted octanol–water partition coefficient (Wildman–Crippen LogP) is -0.991. The third-order valence-electron chi connectivity index (χ3n) is 3.55. The summed E-state index contributed by atoms with van der Waals surface area (Å²) in [5.41, 5.74) is -0.0760. The molecule has 124 valence electrons. The second-order valence-corrected chi connectivity index (χ2v) is 5.98. The molecule has 0 radical (unpaired) electrons. The summed E-state index contributed by atoms with van der Waals surface area (Å²) in [6, 6.07) is 0. The highest BCUT2D eigenvalue weighted by molar-refractivity contribution is 7.99. The Morgan fingerprint density at radius 2 is 2.26 bits per heavy atom. The lowest BCUT2D eigenvalue weighted by Gasteiger charge is -2.18. The highest BCUT2D eigenvalue weighted by atomic mass is 32.2. The zero-order valence-corrected chi connectivity index (χ0v) is 12.8. The first-order valence-electron chi connectivity index (χ1n) is 6.90. The summed E-state index contributed by atoms with van der Waals surface area (Å²) in [7, 11) is 0. The first kappa shape index (κ1) is 16.1. The Kier molecular flexibility index (Phi) is 4.50. The van der Waals surface area contributed by atoms with Gasteiger partial charge in [0, 0.05) is 5.75 Å². The molecule has 4 unspecified atom stereocenters. The number of nitrogens with zero attached hydrogens (tertiary/aromatic N) is 3. The van der Waals surface area contributed by atoms with Crippen molar-refractivity contribution in [2.45, 2.75) is 29.7 Å². The van der Waals surface area contributed by atoms with Crippen LogP contribution in [0.3, 0.4) is 0 Å². The third-order valence-corrected chi connectivity index (χ3v) is 4.50. The minimum absolute atomic E-state index is 0.108. The molecule has 1 saturated heterocycles. The second kappa shape index (κ2) is 6.42. The van der Waals surface area contributed by atoms with Gasteiger partial charge in [-0.3, -0.25) is 9.36 Å². The van der Waals surface area contributed by atoms with E-state index in [9.17, 15) is 20.1 Å². The number of hydrogen-bond acceptors (Lipinski definition) is 8. The molecule has 3 rings (SSSR count). The van der Waals surface area contributed by atoms with Crippen molar-refractivity contribution in [2.75, 3.05) is 12.4 Å². The van der Waals surface area contributed by atoms with Gasteiger partial charge in [-0.2, -0.15) is 0 Å². The van der Waals surface area contributed by atoms with Crippen molar-refractivity contribution < 1.29 is 20.1 Å². The standard InChI is InChI=1S/C13H16N4O5S/c1-2-3-23-13-16-7-10(14-5-15-11(7)21)17(13)12-9(20)8(19)6(4-18)22-12/h2,5-6,8-9,12,18-20H,1,3-4H2,(H,14,15,21). The summed E-state index contributed by atoms with van der Waals surface area (Å²) in [6.45, 7) is 3.19. The zero-order chi connectivity index (χ0) is 16.6. The van der Waals surface area contributed by atoms with Gasteiger partial charge in [0.25, 0.3) is 5.56 Å². The van der Waals surface area contributed by atoms with Crippen LogP contribution in [0, 0.1) is 0 Å². The van der Waals surface area contributed by atoms with E-state index in [-0.39, 0.29) is 11.2 Å². The van der Waals surface area contributed by atoms with Gasteiger partial charge in [0.1, 0.15) is 18.3 Å². The van der Waals surface area contributed by atoms with E-state index in [2.05, 4.69) is 21.5 Å². The number of ether oxygens (including phenoxy) is 1. The summed E-state index contributed by atoms with van der Waals surface area (Å²) in [5, 5.41) is 29.8. The lowest BCUT2D eigenvalue weighted by Crippen LogP contribution is -2.33. The fourth-order valence-electron chi connectivity index (χ4n) is 2.46. The Morgan fingerprint density at radius 3 is 2.91 bits per heavy atom. The van der Waals surface area contributed by atoms with Gasteiger partial charge in [0.2, 0.25) is 0 Å². The highest BCUT2D eigenvalue weighted by Crippen LogP contribution is 2.34. The number of imidazole rings is 1.